The highest BCUT2D eigenvalue weighted by molar-refractivity contribution is 6.34. The first-order valence-electron chi connectivity index (χ1n) is 6.95. The van der Waals surface area contributed by atoms with Crippen LogP contribution in [-0.2, 0) is 4.74 Å². The van der Waals surface area contributed by atoms with Gasteiger partial charge in [-0.3, -0.25) is 4.79 Å². The number of nitrogens with one attached hydrogen (secondary N) is 3. The predicted octanol–water partition coefficient (Wildman–Crippen LogP) is 2.64. The van der Waals surface area contributed by atoms with Crippen molar-refractivity contribution >= 4 is 29.3 Å². The minimum Gasteiger partial charge on any atom is -0.444 e. The molecule has 7 heteroatoms. The number of amides is 2. The van der Waals surface area contributed by atoms with Gasteiger partial charge in [-0.2, -0.15) is 0 Å². The zero-order chi connectivity index (χ0) is 16.8. The first kappa shape index (κ1) is 18.1. The number of benzene rings is 1. The lowest BCUT2D eigenvalue weighted by Crippen LogP contribution is -2.35. The summed E-state index contributed by atoms with van der Waals surface area (Å²) in [5.74, 6) is -0.250. The second-order valence-electron chi connectivity index (χ2n) is 5.63. The van der Waals surface area contributed by atoms with Gasteiger partial charge >= 0.3 is 6.09 Å². The van der Waals surface area contributed by atoms with Crippen LogP contribution in [0.1, 0.15) is 31.1 Å². The lowest BCUT2D eigenvalue weighted by Gasteiger charge is -2.19. The molecule has 2 amide bonds. The third kappa shape index (κ3) is 6.22. The summed E-state index contributed by atoms with van der Waals surface area (Å²) in [6.07, 6.45) is -0.462. The van der Waals surface area contributed by atoms with E-state index >= 15 is 0 Å². The van der Waals surface area contributed by atoms with Gasteiger partial charge in [-0.05, 0) is 39.0 Å². The molecule has 0 saturated heterocycles. The van der Waals surface area contributed by atoms with Gasteiger partial charge in [0.1, 0.15) is 5.60 Å². The summed E-state index contributed by atoms with van der Waals surface area (Å²) in [5, 5.41) is 8.66. The van der Waals surface area contributed by atoms with Crippen molar-refractivity contribution in [1.82, 2.24) is 10.6 Å². The van der Waals surface area contributed by atoms with Crippen LogP contribution in [0.25, 0.3) is 0 Å². The molecule has 22 heavy (non-hydrogen) atoms. The Morgan fingerprint density at radius 1 is 1.23 bits per heavy atom. The van der Waals surface area contributed by atoms with Crippen LogP contribution in [0, 0.1) is 0 Å². The molecular formula is C15H22ClN3O3. The molecule has 0 bridgehead atoms. The summed E-state index contributed by atoms with van der Waals surface area (Å²) in [4.78, 5) is 23.1. The second kappa shape index (κ2) is 7.89. The fraction of sp³-hybridized carbons (Fsp3) is 0.467. The maximum Gasteiger partial charge on any atom is 0.407 e. The lowest BCUT2D eigenvalue weighted by molar-refractivity contribution is 0.0530. The molecule has 6 nitrogen and oxygen atoms in total. The fourth-order valence-electron chi connectivity index (χ4n) is 1.63. The van der Waals surface area contributed by atoms with E-state index in [0.29, 0.717) is 23.7 Å². The number of hydrogen-bond acceptors (Lipinski definition) is 4. The maximum atomic E-state index is 11.6. The average Bonchev–Trinajstić information content (AvgIpc) is 2.42. The van der Waals surface area contributed by atoms with Crippen molar-refractivity contribution in [2.75, 3.05) is 25.5 Å². The van der Waals surface area contributed by atoms with E-state index in [1.807, 2.05) is 0 Å². The van der Waals surface area contributed by atoms with Crippen molar-refractivity contribution in [2.45, 2.75) is 26.4 Å². The van der Waals surface area contributed by atoms with Crippen molar-refractivity contribution in [1.29, 1.82) is 0 Å². The van der Waals surface area contributed by atoms with Crippen LogP contribution in [0.15, 0.2) is 18.2 Å². The molecule has 122 valence electrons. The Kier molecular flexibility index (Phi) is 6.49. The van der Waals surface area contributed by atoms with E-state index in [1.54, 1.807) is 46.0 Å². The normalized spacial score (nSPS) is 10.8. The molecule has 0 atom stereocenters. The topological polar surface area (TPSA) is 79.5 Å². The molecule has 3 N–H and O–H groups in total. The molecule has 0 unspecified atom stereocenters. The Hall–Kier alpha value is -1.95. The van der Waals surface area contributed by atoms with Crippen molar-refractivity contribution in [3.8, 4) is 0 Å². The first-order valence-corrected chi connectivity index (χ1v) is 7.33. The van der Waals surface area contributed by atoms with Crippen molar-refractivity contribution in [2.24, 2.45) is 0 Å². The number of alkyl carbamates (subject to hydrolysis) is 1. The van der Waals surface area contributed by atoms with E-state index in [4.69, 9.17) is 16.3 Å². The van der Waals surface area contributed by atoms with E-state index < -0.39 is 11.7 Å². The third-order valence-electron chi connectivity index (χ3n) is 2.56. The first-order chi connectivity index (χ1) is 10.2. The van der Waals surface area contributed by atoms with Gasteiger partial charge in [-0.1, -0.05) is 11.6 Å². The van der Waals surface area contributed by atoms with Crippen molar-refractivity contribution < 1.29 is 14.3 Å². The molecule has 0 spiro atoms. The van der Waals surface area contributed by atoms with Crippen LogP contribution in [0.5, 0.6) is 0 Å². The highest BCUT2D eigenvalue weighted by Crippen LogP contribution is 2.20. The van der Waals surface area contributed by atoms with Gasteiger partial charge in [0.25, 0.3) is 5.91 Å². The average molecular weight is 328 g/mol. The minimum absolute atomic E-state index is 0.250. The third-order valence-corrected chi connectivity index (χ3v) is 2.89. The van der Waals surface area contributed by atoms with Gasteiger partial charge in [-0.25, -0.2) is 4.79 Å². The highest BCUT2D eigenvalue weighted by Gasteiger charge is 2.15. The monoisotopic (exact) mass is 327 g/mol. The van der Waals surface area contributed by atoms with Gasteiger partial charge in [-0.15, -0.1) is 0 Å². The van der Waals surface area contributed by atoms with Gasteiger partial charge in [0.2, 0.25) is 0 Å². The standard InChI is InChI=1S/C15H22ClN3O3/c1-15(2,3)22-14(21)19-8-7-18-10-5-6-12(16)11(9-10)13(20)17-4/h5-6,9,18H,7-8H2,1-4H3,(H,17,20)(H,19,21). The van der Waals surface area contributed by atoms with Crippen LogP contribution < -0.4 is 16.0 Å². The molecular weight excluding hydrogens is 306 g/mol. The van der Waals surface area contributed by atoms with E-state index in [-0.39, 0.29) is 5.91 Å². The maximum absolute atomic E-state index is 11.6. The van der Waals surface area contributed by atoms with Crippen LogP contribution in [0.4, 0.5) is 10.5 Å². The number of anilines is 1. The van der Waals surface area contributed by atoms with E-state index in [9.17, 15) is 9.59 Å². The molecule has 0 radical (unpaired) electrons. The Bertz CT molecular complexity index is 541. The zero-order valence-electron chi connectivity index (χ0n) is 13.2. The Morgan fingerprint density at radius 3 is 2.50 bits per heavy atom. The molecule has 0 aliphatic heterocycles. The number of halogens is 1. The second-order valence-corrected chi connectivity index (χ2v) is 6.04. The quantitative estimate of drug-likeness (QED) is 0.726. The molecule has 0 aliphatic rings. The number of ether oxygens (including phenoxy) is 1. The lowest BCUT2D eigenvalue weighted by atomic mass is 10.2. The number of carbonyl (C=O) groups is 2. The molecule has 0 aromatic heterocycles. The van der Waals surface area contributed by atoms with E-state index in [2.05, 4.69) is 16.0 Å². The SMILES string of the molecule is CNC(=O)c1cc(NCCNC(=O)OC(C)(C)C)ccc1Cl. The van der Waals surface area contributed by atoms with Crippen LogP contribution in [0.3, 0.4) is 0 Å². The summed E-state index contributed by atoms with van der Waals surface area (Å²) in [6, 6.07) is 5.08. The fourth-order valence-corrected chi connectivity index (χ4v) is 1.83. The minimum atomic E-state index is -0.518. The molecule has 0 heterocycles. The Labute approximate surface area is 135 Å². The Balaban J connectivity index is 2.46. The molecule has 0 fully saturated rings. The summed E-state index contributed by atoms with van der Waals surface area (Å²) in [6.45, 7) is 6.30. The highest BCUT2D eigenvalue weighted by atomic mass is 35.5. The molecule has 1 aromatic rings. The summed E-state index contributed by atoms with van der Waals surface area (Å²) >= 11 is 5.97. The van der Waals surface area contributed by atoms with Crippen molar-refractivity contribution in [3.05, 3.63) is 28.8 Å². The number of rotatable bonds is 5. The van der Waals surface area contributed by atoms with Crippen LogP contribution in [0.2, 0.25) is 5.02 Å². The number of carbonyl (C=O) groups excluding carboxylic acids is 2. The number of hydrogen-bond donors (Lipinski definition) is 3. The van der Waals surface area contributed by atoms with Crippen molar-refractivity contribution in [3.63, 3.8) is 0 Å². The molecule has 0 aliphatic carbocycles. The van der Waals surface area contributed by atoms with Crippen LogP contribution >= 0.6 is 11.6 Å². The van der Waals surface area contributed by atoms with Gasteiger partial charge in [0.05, 0.1) is 10.6 Å². The Morgan fingerprint density at radius 2 is 1.91 bits per heavy atom. The summed E-state index contributed by atoms with van der Waals surface area (Å²) in [7, 11) is 1.55. The van der Waals surface area contributed by atoms with Crippen LogP contribution in [-0.4, -0.2) is 37.7 Å². The smallest absolute Gasteiger partial charge is 0.407 e. The molecule has 0 saturated carbocycles. The molecule has 1 aromatic carbocycles. The zero-order valence-corrected chi connectivity index (χ0v) is 14.0. The van der Waals surface area contributed by atoms with Gasteiger partial charge in [0.15, 0.2) is 0 Å². The van der Waals surface area contributed by atoms with Gasteiger partial charge < -0.3 is 20.7 Å². The summed E-state index contributed by atoms with van der Waals surface area (Å²) in [5.41, 5.74) is 0.624. The van der Waals surface area contributed by atoms with E-state index in [0.717, 1.165) is 5.69 Å². The largest absolute Gasteiger partial charge is 0.444 e. The predicted molar refractivity (Wildman–Crippen MR) is 87.6 cm³/mol. The molecule has 1 rings (SSSR count). The van der Waals surface area contributed by atoms with E-state index in [1.165, 1.54) is 0 Å². The summed E-state index contributed by atoms with van der Waals surface area (Å²) < 4.78 is 5.12. The van der Waals surface area contributed by atoms with Gasteiger partial charge in [0, 0.05) is 25.8 Å².